The maximum absolute atomic E-state index is 11.7. The van der Waals surface area contributed by atoms with Gasteiger partial charge in [-0.3, -0.25) is 9.59 Å². The monoisotopic (exact) mass is 714 g/mol. The van der Waals surface area contributed by atoms with Crippen molar-refractivity contribution in [3.05, 3.63) is 81.3 Å². The van der Waals surface area contributed by atoms with Crippen LogP contribution in [0.1, 0.15) is 54.8 Å². The lowest BCUT2D eigenvalue weighted by Crippen LogP contribution is -2.36. The molecule has 2 aromatic carbocycles. The van der Waals surface area contributed by atoms with E-state index in [1.54, 1.807) is 14.2 Å². The van der Waals surface area contributed by atoms with E-state index in [1.165, 1.54) is 5.56 Å². The highest BCUT2D eigenvalue weighted by atomic mass is 35.5. The first kappa shape index (κ1) is 34.2. The van der Waals surface area contributed by atoms with Crippen molar-refractivity contribution < 1.29 is 19.1 Å². The highest BCUT2D eigenvalue weighted by molar-refractivity contribution is 6.39. The molecule has 4 N–H and O–H groups in total. The molecule has 2 aromatic heterocycles. The molecule has 2 aliphatic heterocycles. The number of aromatic nitrogens is 2. The third kappa shape index (κ3) is 7.03. The van der Waals surface area contributed by atoms with Crippen LogP contribution in [0.2, 0.25) is 10.0 Å². The van der Waals surface area contributed by atoms with Gasteiger partial charge in [-0.05, 0) is 43.4 Å². The van der Waals surface area contributed by atoms with Crippen LogP contribution < -0.4 is 30.7 Å². The lowest BCUT2D eigenvalue weighted by Gasteiger charge is -2.20. The molecule has 2 fully saturated rings. The van der Waals surface area contributed by atoms with Gasteiger partial charge in [-0.25, -0.2) is 9.97 Å². The Morgan fingerprint density at radius 2 is 1.34 bits per heavy atom. The Bertz CT molecular complexity index is 1940. The van der Waals surface area contributed by atoms with Gasteiger partial charge in [0, 0.05) is 84.0 Å². The van der Waals surface area contributed by atoms with E-state index < -0.39 is 0 Å². The Hall–Kier alpha value is -4.22. The number of ether oxygens (including phenoxy) is 2. The van der Waals surface area contributed by atoms with Gasteiger partial charge in [0.1, 0.15) is 0 Å². The van der Waals surface area contributed by atoms with Crippen LogP contribution in [0.3, 0.4) is 0 Å². The summed E-state index contributed by atoms with van der Waals surface area (Å²) in [6, 6.07) is 18.1. The fraction of sp³-hybridized carbons (Fsp3) is 0.368. The standard InChI is InChI=1S/C38H40Cl2N6O4/c1-49-37-22(18-41-19-23-11-15-32(47)43-23)10-13-29(45-37)27-7-3-5-25(35(27)39)26-6-4-8-28(36(26)40)31-17-21-9-14-30(34(21)38(46-31)50-2)42-20-24-12-16-33(48)44-24/h3-8,10,13,17,23-24,30,41-42H,9,11-12,14-16,18-20H2,1-2H3,(H,43,47)(H,44,48)/t23-,24-,30-/m0/s1. The molecule has 0 unspecified atom stereocenters. The quantitative estimate of drug-likeness (QED) is 0.140. The number of carbonyl (C=O) groups excluding carboxylic acids is 2. The minimum atomic E-state index is 0.0982. The first-order valence-electron chi connectivity index (χ1n) is 17.1. The SMILES string of the molecule is COc1nc(-c2cccc(-c3cccc(-c4cc5c(c(OC)n4)[C@@H](NC[C@@H]4CCC(=O)N4)CC5)c3Cl)c2Cl)ccc1CNC[C@@H]1CCC(=O)N1. The molecule has 0 spiro atoms. The molecule has 50 heavy (non-hydrogen) atoms. The minimum absolute atomic E-state index is 0.0982. The largest absolute Gasteiger partial charge is 0.481 e. The summed E-state index contributed by atoms with van der Waals surface area (Å²) >= 11 is 14.3. The lowest BCUT2D eigenvalue weighted by molar-refractivity contribution is -0.120. The summed E-state index contributed by atoms with van der Waals surface area (Å²) in [4.78, 5) is 32.9. The van der Waals surface area contributed by atoms with E-state index in [4.69, 9.17) is 42.6 Å². The number of benzene rings is 2. The molecule has 1 aliphatic carbocycles. The van der Waals surface area contributed by atoms with Crippen LogP contribution in [0, 0.1) is 0 Å². The molecule has 0 bridgehead atoms. The average molecular weight is 716 g/mol. The number of nitrogens with zero attached hydrogens (tertiary/aromatic N) is 2. The number of fused-ring (bicyclic) bond motifs is 1. The van der Waals surface area contributed by atoms with Gasteiger partial charge in [-0.1, -0.05) is 65.7 Å². The van der Waals surface area contributed by atoms with Crippen molar-refractivity contribution in [1.82, 2.24) is 31.2 Å². The molecule has 0 radical (unpaired) electrons. The molecule has 4 aromatic rings. The summed E-state index contributed by atoms with van der Waals surface area (Å²) < 4.78 is 11.5. The second-order valence-electron chi connectivity index (χ2n) is 13.0. The van der Waals surface area contributed by atoms with Crippen LogP contribution in [0.15, 0.2) is 54.6 Å². The fourth-order valence-corrected chi connectivity index (χ4v) is 7.89. The molecule has 3 aliphatic rings. The van der Waals surface area contributed by atoms with E-state index in [1.807, 2.05) is 48.5 Å². The average Bonchev–Trinajstić information content (AvgIpc) is 3.86. The Morgan fingerprint density at radius 1 is 0.740 bits per heavy atom. The number of halogens is 2. The number of hydrogen-bond acceptors (Lipinski definition) is 8. The first-order chi connectivity index (χ1) is 24.3. The third-order valence-corrected chi connectivity index (χ3v) is 10.6. The zero-order chi connectivity index (χ0) is 34.8. The molecule has 4 heterocycles. The van der Waals surface area contributed by atoms with Crippen LogP contribution in [-0.4, -0.2) is 61.2 Å². The predicted octanol–water partition coefficient (Wildman–Crippen LogP) is 6.03. The summed E-state index contributed by atoms with van der Waals surface area (Å²) in [5, 5.41) is 14.1. The second-order valence-corrected chi connectivity index (χ2v) is 13.8. The molecule has 12 heteroatoms. The van der Waals surface area contributed by atoms with Crippen molar-refractivity contribution in [2.75, 3.05) is 27.3 Å². The highest BCUT2D eigenvalue weighted by Gasteiger charge is 2.30. The van der Waals surface area contributed by atoms with Crippen molar-refractivity contribution in [2.24, 2.45) is 0 Å². The van der Waals surface area contributed by atoms with Crippen LogP contribution in [0.25, 0.3) is 33.6 Å². The zero-order valence-corrected chi connectivity index (χ0v) is 29.6. The number of amides is 2. The van der Waals surface area contributed by atoms with Crippen LogP contribution in [0.4, 0.5) is 0 Å². The van der Waals surface area contributed by atoms with E-state index in [2.05, 4.69) is 27.3 Å². The van der Waals surface area contributed by atoms with E-state index in [0.717, 1.165) is 64.8 Å². The molecule has 3 atom stereocenters. The lowest BCUT2D eigenvalue weighted by atomic mass is 9.97. The maximum Gasteiger partial charge on any atom is 0.220 e. The number of nitrogens with one attached hydrogen (secondary N) is 4. The van der Waals surface area contributed by atoms with Gasteiger partial charge in [-0.15, -0.1) is 0 Å². The number of rotatable bonds is 12. The van der Waals surface area contributed by atoms with Crippen molar-refractivity contribution in [3.63, 3.8) is 0 Å². The van der Waals surface area contributed by atoms with E-state index in [9.17, 15) is 9.59 Å². The van der Waals surface area contributed by atoms with Crippen LogP contribution in [-0.2, 0) is 22.6 Å². The highest BCUT2D eigenvalue weighted by Crippen LogP contribution is 2.44. The number of aryl methyl sites for hydroxylation is 1. The molecule has 2 saturated heterocycles. The van der Waals surface area contributed by atoms with Gasteiger partial charge >= 0.3 is 0 Å². The molecule has 7 rings (SSSR count). The second kappa shape index (κ2) is 14.9. The van der Waals surface area contributed by atoms with Crippen molar-refractivity contribution in [3.8, 4) is 45.4 Å². The van der Waals surface area contributed by atoms with Crippen molar-refractivity contribution in [1.29, 1.82) is 0 Å². The minimum Gasteiger partial charge on any atom is -0.481 e. The Morgan fingerprint density at radius 3 is 1.96 bits per heavy atom. The third-order valence-electron chi connectivity index (χ3n) is 9.81. The predicted molar refractivity (Wildman–Crippen MR) is 195 cm³/mol. The summed E-state index contributed by atoms with van der Waals surface area (Å²) in [7, 11) is 3.25. The summed E-state index contributed by atoms with van der Waals surface area (Å²) in [5.74, 6) is 1.30. The fourth-order valence-electron chi connectivity index (χ4n) is 7.24. The normalized spacial score (nSPS) is 19.7. The van der Waals surface area contributed by atoms with Gasteiger partial charge in [0.2, 0.25) is 23.6 Å². The van der Waals surface area contributed by atoms with Gasteiger partial charge in [0.25, 0.3) is 0 Å². The van der Waals surface area contributed by atoms with E-state index >= 15 is 0 Å². The molecule has 0 saturated carbocycles. The van der Waals surface area contributed by atoms with Gasteiger partial charge in [-0.2, -0.15) is 0 Å². The van der Waals surface area contributed by atoms with Crippen LogP contribution >= 0.6 is 23.2 Å². The smallest absolute Gasteiger partial charge is 0.220 e. The van der Waals surface area contributed by atoms with Gasteiger partial charge in [0.15, 0.2) is 0 Å². The zero-order valence-electron chi connectivity index (χ0n) is 28.1. The molecule has 260 valence electrons. The van der Waals surface area contributed by atoms with Gasteiger partial charge < -0.3 is 30.7 Å². The van der Waals surface area contributed by atoms with Crippen molar-refractivity contribution in [2.45, 2.75) is 63.2 Å². The first-order valence-corrected chi connectivity index (χ1v) is 17.8. The Kier molecular flexibility index (Phi) is 10.2. The maximum atomic E-state index is 11.7. The topological polar surface area (TPSA) is 126 Å². The Labute approximate surface area is 301 Å². The van der Waals surface area contributed by atoms with E-state index in [0.29, 0.717) is 60.0 Å². The summed E-state index contributed by atoms with van der Waals surface area (Å²) in [6.45, 7) is 1.94. The number of pyridine rings is 2. The Balaban J connectivity index is 1.13. The molecular formula is C38H40Cl2N6O4. The molecule has 2 amide bonds. The van der Waals surface area contributed by atoms with Gasteiger partial charge in [0.05, 0.1) is 35.7 Å². The molecular weight excluding hydrogens is 675 g/mol. The number of methoxy groups -OCH3 is 2. The summed E-state index contributed by atoms with van der Waals surface area (Å²) in [5.41, 5.74) is 7.65. The van der Waals surface area contributed by atoms with E-state index in [-0.39, 0.29) is 29.9 Å². The number of carbonyl (C=O) groups is 2. The molecule has 10 nitrogen and oxygen atoms in total. The van der Waals surface area contributed by atoms with Crippen LogP contribution in [0.5, 0.6) is 11.8 Å². The van der Waals surface area contributed by atoms with Crippen molar-refractivity contribution >= 4 is 35.0 Å². The summed E-state index contributed by atoms with van der Waals surface area (Å²) in [6.07, 6.45) is 4.64. The number of hydrogen-bond donors (Lipinski definition) is 4.